The highest BCUT2D eigenvalue weighted by Gasteiger charge is 2.26. The normalized spacial score (nSPS) is 14.3. The summed E-state index contributed by atoms with van der Waals surface area (Å²) in [7, 11) is 1.52. The smallest absolute Gasteiger partial charge is 0.261 e. The Morgan fingerprint density at radius 3 is 2.64 bits per heavy atom. The van der Waals surface area contributed by atoms with Crippen molar-refractivity contribution in [3.05, 3.63) is 70.0 Å². The number of carbonyl (C=O) groups excluding carboxylic acids is 1. The van der Waals surface area contributed by atoms with Crippen LogP contribution in [0.3, 0.4) is 0 Å². The van der Waals surface area contributed by atoms with Crippen LogP contribution in [0.2, 0.25) is 0 Å². The molecule has 5 nitrogen and oxygen atoms in total. The molecule has 5 heteroatoms. The van der Waals surface area contributed by atoms with Crippen LogP contribution in [0, 0.1) is 0 Å². The number of rotatable bonds is 3. The van der Waals surface area contributed by atoms with Crippen LogP contribution in [0.1, 0.15) is 41.1 Å². The third-order valence-corrected chi connectivity index (χ3v) is 5.74. The SMILES string of the molecule is CNC(=O)c1cc2ccc(C3CCC3)c(-c3cc4ccccc4o3)c2[nH]c1=O. The number of pyridine rings is 1. The van der Waals surface area contributed by atoms with Gasteiger partial charge in [-0.15, -0.1) is 0 Å². The minimum atomic E-state index is -0.394. The molecule has 140 valence electrons. The number of aromatic nitrogens is 1. The van der Waals surface area contributed by atoms with E-state index in [0.29, 0.717) is 5.92 Å². The molecule has 0 saturated heterocycles. The molecule has 1 amide bonds. The number of H-pyrrole nitrogens is 1. The molecule has 1 aliphatic carbocycles. The molecule has 4 aromatic rings. The molecule has 5 rings (SSSR count). The van der Waals surface area contributed by atoms with Crippen molar-refractivity contribution in [2.75, 3.05) is 7.05 Å². The number of para-hydroxylation sites is 1. The van der Waals surface area contributed by atoms with Gasteiger partial charge in [-0.25, -0.2) is 0 Å². The Labute approximate surface area is 161 Å². The van der Waals surface area contributed by atoms with E-state index in [1.54, 1.807) is 6.07 Å². The van der Waals surface area contributed by atoms with E-state index >= 15 is 0 Å². The van der Waals surface area contributed by atoms with Crippen molar-refractivity contribution < 1.29 is 9.21 Å². The van der Waals surface area contributed by atoms with Gasteiger partial charge >= 0.3 is 0 Å². The van der Waals surface area contributed by atoms with E-state index in [-0.39, 0.29) is 5.56 Å². The first-order valence-corrected chi connectivity index (χ1v) is 9.56. The van der Waals surface area contributed by atoms with Crippen LogP contribution in [-0.4, -0.2) is 17.9 Å². The van der Waals surface area contributed by atoms with Crippen molar-refractivity contribution in [1.82, 2.24) is 10.3 Å². The Morgan fingerprint density at radius 2 is 1.93 bits per heavy atom. The van der Waals surface area contributed by atoms with Gasteiger partial charge in [0.1, 0.15) is 16.9 Å². The van der Waals surface area contributed by atoms with Crippen molar-refractivity contribution in [2.24, 2.45) is 0 Å². The third kappa shape index (κ3) is 2.54. The maximum atomic E-state index is 12.6. The highest BCUT2D eigenvalue weighted by Crippen LogP contribution is 2.44. The molecule has 1 aliphatic rings. The lowest BCUT2D eigenvalue weighted by Crippen LogP contribution is -2.26. The molecule has 0 spiro atoms. The number of benzene rings is 2. The zero-order valence-corrected chi connectivity index (χ0v) is 15.5. The Bertz CT molecular complexity index is 1250. The topological polar surface area (TPSA) is 75.1 Å². The van der Waals surface area contributed by atoms with Crippen LogP contribution in [0.5, 0.6) is 0 Å². The molecule has 0 bridgehead atoms. The standard InChI is InChI=1S/C23H20N2O3/c1-24-22(26)17-11-15-9-10-16(13-6-4-7-13)20(21(15)25-23(17)27)19-12-14-5-2-3-8-18(14)28-19/h2-3,5,8-13H,4,6-7H2,1H3,(H,24,26)(H,25,27). The summed E-state index contributed by atoms with van der Waals surface area (Å²) in [5.41, 5.74) is 3.39. The number of fused-ring (bicyclic) bond motifs is 2. The number of hydrogen-bond acceptors (Lipinski definition) is 3. The van der Waals surface area contributed by atoms with Crippen molar-refractivity contribution in [3.63, 3.8) is 0 Å². The molecule has 0 unspecified atom stereocenters. The molecule has 1 fully saturated rings. The summed E-state index contributed by atoms with van der Waals surface area (Å²) in [4.78, 5) is 27.6. The van der Waals surface area contributed by atoms with E-state index in [1.165, 1.54) is 19.0 Å². The summed E-state index contributed by atoms with van der Waals surface area (Å²) >= 11 is 0. The summed E-state index contributed by atoms with van der Waals surface area (Å²) in [6, 6.07) is 15.7. The Morgan fingerprint density at radius 1 is 1.11 bits per heavy atom. The number of aromatic amines is 1. The first-order chi connectivity index (χ1) is 13.7. The van der Waals surface area contributed by atoms with Crippen molar-refractivity contribution in [3.8, 4) is 11.3 Å². The lowest BCUT2D eigenvalue weighted by molar-refractivity contribution is 0.0962. The van der Waals surface area contributed by atoms with Gasteiger partial charge < -0.3 is 14.7 Å². The number of hydrogen-bond donors (Lipinski definition) is 2. The fourth-order valence-electron chi connectivity index (χ4n) is 4.03. The van der Waals surface area contributed by atoms with Crippen LogP contribution in [0.15, 0.2) is 57.7 Å². The predicted octanol–water partition coefficient (Wildman–Crippen LogP) is 4.57. The van der Waals surface area contributed by atoms with E-state index < -0.39 is 11.5 Å². The average molecular weight is 372 g/mol. The fraction of sp³-hybridized carbons (Fsp3) is 0.217. The number of nitrogens with one attached hydrogen (secondary N) is 2. The molecule has 2 aromatic heterocycles. The lowest BCUT2D eigenvalue weighted by atomic mass is 9.77. The summed E-state index contributed by atoms with van der Waals surface area (Å²) in [6.07, 6.45) is 3.49. The third-order valence-electron chi connectivity index (χ3n) is 5.74. The maximum absolute atomic E-state index is 12.6. The summed E-state index contributed by atoms with van der Waals surface area (Å²) in [6.45, 7) is 0. The maximum Gasteiger partial charge on any atom is 0.261 e. The summed E-state index contributed by atoms with van der Waals surface area (Å²) < 4.78 is 6.16. The van der Waals surface area contributed by atoms with E-state index in [4.69, 9.17) is 4.42 Å². The lowest BCUT2D eigenvalue weighted by Gasteiger charge is -2.28. The second-order valence-electron chi connectivity index (χ2n) is 7.36. The highest BCUT2D eigenvalue weighted by molar-refractivity contribution is 6.01. The van der Waals surface area contributed by atoms with Gasteiger partial charge in [-0.2, -0.15) is 0 Å². The fourth-order valence-corrected chi connectivity index (χ4v) is 4.03. The monoisotopic (exact) mass is 372 g/mol. The van der Waals surface area contributed by atoms with Crippen LogP contribution < -0.4 is 10.9 Å². The Kier molecular flexibility index (Phi) is 3.83. The molecule has 28 heavy (non-hydrogen) atoms. The largest absolute Gasteiger partial charge is 0.456 e. The molecule has 0 aliphatic heterocycles. The minimum absolute atomic E-state index is 0.113. The second-order valence-corrected chi connectivity index (χ2v) is 7.36. The van der Waals surface area contributed by atoms with Gasteiger partial charge in [-0.05, 0) is 47.9 Å². The summed E-state index contributed by atoms with van der Waals surface area (Å²) in [5, 5.41) is 4.36. The molecule has 2 heterocycles. The van der Waals surface area contributed by atoms with E-state index in [1.807, 2.05) is 36.4 Å². The quantitative estimate of drug-likeness (QED) is 0.553. The molecular formula is C23H20N2O3. The van der Waals surface area contributed by atoms with Gasteiger partial charge in [0.25, 0.3) is 11.5 Å². The zero-order valence-electron chi connectivity index (χ0n) is 15.5. The number of furan rings is 1. The molecule has 2 N–H and O–H groups in total. The second kappa shape index (κ2) is 6.37. The van der Waals surface area contributed by atoms with Crippen LogP contribution >= 0.6 is 0 Å². The number of carbonyl (C=O) groups is 1. The summed E-state index contributed by atoms with van der Waals surface area (Å²) in [5.74, 6) is 0.822. The first kappa shape index (κ1) is 16.8. The Balaban J connectivity index is 1.81. The predicted molar refractivity (Wildman–Crippen MR) is 110 cm³/mol. The molecule has 0 atom stereocenters. The number of amides is 1. The molecule has 2 aromatic carbocycles. The van der Waals surface area contributed by atoms with Crippen molar-refractivity contribution >= 4 is 27.8 Å². The zero-order chi connectivity index (χ0) is 19.3. The van der Waals surface area contributed by atoms with E-state index in [0.717, 1.165) is 46.0 Å². The van der Waals surface area contributed by atoms with Gasteiger partial charge in [-0.1, -0.05) is 36.8 Å². The van der Waals surface area contributed by atoms with Gasteiger partial charge in [0.2, 0.25) is 0 Å². The minimum Gasteiger partial charge on any atom is -0.456 e. The average Bonchev–Trinajstić information content (AvgIpc) is 3.09. The highest BCUT2D eigenvalue weighted by atomic mass is 16.3. The molecule has 0 radical (unpaired) electrons. The van der Waals surface area contributed by atoms with E-state index in [2.05, 4.69) is 16.4 Å². The van der Waals surface area contributed by atoms with Crippen molar-refractivity contribution in [1.29, 1.82) is 0 Å². The van der Waals surface area contributed by atoms with Crippen molar-refractivity contribution in [2.45, 2.75) is 25.2 Å². The van der Waals surface area contributed by atoms with Gasteiger partial charge in [0.15, 0.2) is 0 Å². The van der Waals surface area contributed by atoms with Crippen LogP contribution in [-0.2, 0) is 0 Å². The first-order valence-electron chi connectivity index (χ1n) is 9.56. The Hall–Kier alpha value is -3.34. The van der Waals surface area contributed by atoms with Crippen LogP contribution in [0.25, 0.3) is 33.2 Å². The molecule has 1 saturated carbocycles. The van der Waals surface area contributed by atoms with Crippen LogP contribution in [0.4, 0.5) is 0 Å². The van der Waals surface area contributed by atoms with E-state index in [9.17, 15) is 9.59 Å². The van der Waals surface area contributed by atoms with Gasteiger partial charge in [0, 0.05) is 18.0 Å². The molecular weight excluding hydrogens is 352 g/mol. The van der Waals surface area contributed by atoms with Gasteiger partial charge in [-0.3, -0.25) is 9.59 Å². The van der Waals surface area contributed by atoms with Gasteiger partial charge in [0.05, 0.1) is 5.52 Å².